The molecule has 0 unspecified atom stereocenters. The lowest BCUT2D eigenvalue weighted by Crippen LogP contribution is -2.51. The minimum atomic E-state index is -1.31. The number of hydrogen-bond donors (Lipinski definition) is 2. The van der Waals surface area contributed by atoms with Crippen LogP contribution in [0.5, 0.6) is 0 Å². The lowest BCUT2D eigenvalue weighted by molar-refractivity contribution is -0.605. The van der Waals surface area contributed by atoms with Crippen LogP contribution in [0, 0.1) is 5.21 Å². The molecule has 2 aromatic rings. The Morgan fingerprint density at radius 3 is 2.43 bits per heavy atom. The first-order chi connectivity index (χ1) is 13.5. The molecule has 1 saturated heterocycles. The van der Waals surface area contributed by atoms with Crippen molar-refractivity contribution in [2.45, 2.75) is 31.6 Å². The number of carbonyl (C=O) groups excluding carboxylic acids is 2. The third kappa shape index (κ3) is 4.98. The lowest BCUT2D eigenvalue weighted by atomic mass is 10.0. The maximum atomic E-state index is 12.9. The molecule has 1 aliphatic heterocycles. The van der Waals surface area contributed by atoms with Gasteiger partial charge in [0.1, 0.15) is 18.8 Å². The number of hydrogen-bond acceptors (Lipinski definition) is 5. The number of likely N-dealkylation sites (tertiary alicyclic amines) is 1. The predicted octanol–water partition coefficient (Wildman–Crippen LogP) is 1.27. The fraction of sp³-hybridized carbons (Fsp3) is 0.350. The van der Waals surface area contributed by atoms with Gasteiger partial charge in [-0.25, -0.2) is 4.79 Å². The maximum Gasteiger partial charge on any atom is 0.408 e. The highest BCUT2D eigenvalue weighted by molar-refractivity contribution is 5.86. The number of ether oxygens (including phenoxy) is 1. The summed E-state index contributed by atoms with van der Waals surface area (Å²) in [4.78, 5) is 26.7. The van der Waals surface area contributed by atoms with Crippen molar-refractivity contribution in [3.05, 3.63) is 71.2 Å². The van der Waals surface area contributed by atoms with Gasteiger partial charge in [0.25, 0.3) is 0 Å². The van der Waals surface area contributed by atoms with Crippen molar-refractivity contribution in [2.24, 2.45) is 0 Å². The van der Waals surface area contributed by atoms with E-state index in [1.54, 1.807) is 4.90 Å². The monoisotopic (exact) mass is 385 g/mol. The van der Waals surface area contributed by atoms with Crippen LogP contribution in [0.3, 0.4) is 0 Å². The summed E-state index contributed by atoms with van der Waals surface area (Å²) in [6, 6.07) is 10.8. The first-order valence-corrected chi connectivity index (χ1v) is 9.17. The number of aromatic nitrogens is 1. The number of rotatable bonds is 6. The number of nitrogens with one attached hydrogen (secondary N) is 1. The fourth-order valence-electron chi connectivity index (χ4n) is 3.12. The van der Waals surface area contributed by atoms with Crippen molar-refractivity contribution >= 4 is 12.0 Å². The smallest absolute Gasteiger partial charge is 0.408 e. The average Bonchev–Trinajstić information content (AvgIpc) is 3.26. The van der Waals surface area contributed by atoms with Crippen molar-refractivity contribution in [3.63, 3.8) is 0 Å². The van der Waals surface area contributed by atoms with E-state index in [0.29, 0.717) is 23.4 Å². The van der Waals surface area contributed by atoms with Gasteiger partial charge in [-0.3, -0.25) is 4.79 Å². The van der Waals surface area contributed by atoms with E-state index in [1.165, 1.54) is 24.5 Å². The largest absolute Gasteiger partial charge is 0.619 e. The molecular formula is C20H23N3O5. The molecular weight excluding hydrogens is 362 g/mol. The zero-order chi connectivity index (χ0) is 19.9. The normalized spacial score (nSPS) is 15.7. The zero-order valence-corrected chi connectivity index (χ0v) is 15.4. The molecule has 1 aliphatic rings. The van der Waals surface area contributed by atoms with Crippen LogP contribution in [0.25, 0.3) is 0 Å². The predicted molar refractivity (Wildman–Crippen MR) is 99.7 cm³/mol. The summed E-state index contributed by atoms with van der Waals surface area (Å²) >= 11 is 0. The van der Waals surface area contributed by atoms with Crippen molar-refractivity contribution in [1.82, 2.24) is 10.2 Å². The van der Waals surface area contributed by atoms with E-state index < -0.39 is 18.2 Å². The van der Waals surface area contributed by atoms with Gasteiger partial charge in [-0.05, 0) is 24.0 Å². The van der Waals surface area contributed by atoms with E-state index in [-0.39, 0.29) is 12.5 Å². The number of nitrogens with zero attached hydrogens (tertiary/aromatic N) is 2. The van der Waals surface area contributed by atoms with Gasteiger partial charge in [-0.2, -0.15) is 4.73 Å². The molecule has 148 valence electrons. The van der Waals surface area contributed by atoms with Gasteiger partial charge in [0.05, 0.1) is 0 Å². The number of benzene rings is 1. The van der Waals surface area contributed by atoms with Gasteiger partial charge in [-0.1, -0.05) is 30.3 Å². The second-order valence-corrected chi connectivity index (χ2v) is 6.65. The molecule has 2 amide bonds. The van der Waals surface area contributed by atoms with Crippen LogP contribution < -0.4 is 10.0 Å². The van der Waals surface area contributed by atoms with Crippen molar-refractivity contribution in [1.29, 1.82) is 0 Å². The molecule has 1 aromatic carbocycles. The summed E-state index contributed by atoms with van der Waals surface area (Å²) in [5.74, 6) is -0.375. The summed E-state index contributed by atoms with van der Waals surface area (Å²) in [6.45, 7) is 1.21. The van der Waals surface area contributed by atoms with Crippen molar-refractivity contribution < 1.29 is 24.2 Å². The molecule has 1 aromatic heterocycles. The Bertz CT molecular complexity index is 791. The summed E-state index contributed by atoms with van der Waals surface area (Å²) < 4.78 is 5.77. The Balaban J connectivity index is 1.70. The second-order valence-electron chi connectivity index (χ2n) is 6.65. The van der Waals surface area contributed by atoms with Gasteiger partial charge in [0.2, 0.25) is 5.91 Å². The van der Waals surface area contributed by atoms with Crippen LogP contribution in [0.2, 0.25) is 0 Å². The number of carbonyl (C=O) groups is 2. The zero-order valence-electron chi connectivity index (χ0n) is 15.4. The SMILES string of the molecule is O=C(N[C@@H](C(=O)N1CCCC1)[C@@H](O)c1cc[n+]([O-])cc1)OCc1ccccc1. The highest BCUT2D eigenvalue weighted by Gasteiger charge is 2.34. The van der Waals surface area contributed by atoms with Gasteiger partial charge >= 0.3 is 6.09 Å². The van der Waals surface area contributed by atoms with Crippen LogP contribution in [0.15, 0.2) is 54.9 Å². The second kappa shape index (κ2) is 9.18. The minimum Gasteiger partial charge on any atom is -0.619 e. The minimum absolute atomic E-state index is 0.0505. The molecule has 0 saturated carbocycles. The Kier molecular flexibility index (Phi) is 6.44. The van der Waals surface area contributed by atoms with E-state index in [2.05, 4.69) is 5.32 Å². The van der Waals surface area contributed by atoms with Gasteiger partial charge in [0, 0.05) is 25.2 Å². The number of amides is 2. The van der Waals surface area contributed by atoms with Crippen LogP contribution in [-0.4, -0.2) is 41.1 Å². The van der Waals surface area contributed by atoms with E-state index >= 15 is 0 Å². The lowest BCUT2D eigenvalue weighted by Gasteiger charge is -2.27. The average molecular weight is 385 g/mol. The van der Waals surface area contributed by atoms with Crippen LogP contribution >= 0.6 is 0 Å². The molecule has 0 aliphatic carbocycles. The molecule has 2 atom stereocenters. The Morgan fingerprint density at radius 1 is 1.14 bits per heavy atom. The van der Waals surface area contributed by atoms with E-state index in [1.807, 2.05) is 30.3 Å². The van der Waals surface area contributed by atoms with Crippen LogP contribution in [0.4, 0.5) is 4.79 Å². The molecule has 0 radical (unpaired) electrons. The standard InChI is InChI=1S/C20H23N3O5/c24-18(16-8-12-23(27)13-9-16)17(19(25)22-10-4-5-11-22)21-20(26)28-14-15-6-2-1-3-7-15/h1-3,6-9,12-13,17-18,24H,4-5,10-11,14H2,(H,21,26)/t17-,18+/m1/s1. The molecule has 0 bridgehead atoms. The first kappa shape index (κ1) is 19.6. The number of pyridine rings is 1. The summed E-state index contributed by atoms with van der Waals surface area (Å²) in [7, 11) is 0. The number of aliphatic hydroxyl groups is 1. The number of aliphatic hydroxyl groups excluding tert-OH is 1. The molecule has 8 heteroatoms. The number of alkyl carbamates (subject to hydrolysis) is 1. The molecule has 2 N–H and O–H groups in total. The van der Waals surface area contributed by atoms with Crippen molar-refractivity contribution in [2.75, 3.05) is 13.1 Å². The van der Waals surface area contributed by atoms with Crippen molar-refractivity contribution in [3.8, 4) is 0 Å². The van der Waals surface area contributed by atoms with Gasteiger partial charge < -0.3 is 25.3 Å². The Morgan fingerprint density at radius 2 is 1.79 bits per heavy atom. The maximum absolute atomic E-state index is 12.9. The molecule has 3 rings (SSSR count). The third-order valence-corrected chi connectivity index (χ3v) is 4.65. The van der Waals surface area contributed by atoms with Gasteiger partial charge in [0.15, 0.2) is 12.4 Å². The van der Waals surface area contributed by atoms with E-state index in [0.717, 1.165) is 18.4 Å². The molecule has 1 fully saturated rings. The van der Waals surface area contributed by atoms with Gasteiger partial charge in [-0.15, -0.1) is 0 Å². The topological polar surface area (TPSA) is 106 Å². The first-order valence-electron chi connectivity index (χ1n) is 9.17. The third-order valence-electron chi connectivity index (χ3n) is 4.65. The summed E-state index contributed by atoms with van der Waals surface area (Å²) in [5.41, 5.74) is 1.16. The molecule has 0 spiro atoms. The fourth-order valence-corrected chi connectivity index (χ4v) is 3.12. The van der Waals surface area contributed by atoms with Crippen LogP contribution in [0.1, 0.15) is 30.1 Å². The van der Waals surface area contributed by atoms with E-state index in [4.69, 9.17) is 4.74 Å². The molecule has 2 heterocycles. The highest BCUT2D eigenvalue weighted by atomic mass is 16.5. The Hall–Kier alpha value is -3.13. The Labute approximate surface area is 162 Å². The van der Waals surface area contributed by atoms with E-state index in [9.17, 15) is 19.9 Å². The summed E-state index contributed by atoms with van der Waals surface area (Å²) in [5, 5.41) is 24.4. The molecule has 28 heavy (non-hydrogen) atoms. The summed E-state index contributed by atoms with van der Waals surface area (Å²) in [6.07, 6.45) is 2.12. The van der Waals surface area contributed by atoms with Crippen LogP contribution in [-0.2, 0) is 16.1 Å². The quantitative estimate of drug-likeness (QED) is 0.575. The molecule has 8 nitrogen and oxygen atoms in total. The highest BCUT2D eigenvalue weighted by Crippen LogP contribution is 2.20.